The SMILES string of the molecule is Cc1cc(C)[c]([Ge]([C]#N)([C]#N)[c]2c(C)cc(C)cc2C)c(C)c1. The number of nitriles is 2. The maximum absolute atomic E-state index is 10.1. The number of rotatable bonds is 2. The average Bonchev–Trinajstić information content (AvgIpc) is 2.43. The first-order valence-corrected chi connectivity index (χ1v) is 12.0. The summed E-state index contributed by atoms with van der Waals surface area (Å²) in [6, 6.07) is 8.37. The van der Waals surface area contributed by atoms with Gasteiger partial charge in [0.2, 0.25) is 0 Å². The molecular formula is C20H22GeN2. The Kier molecular flexibility index (Phi) is 4.69. The van der Waals surface area contributed by atoms with Crippen molar-refractivity contribution in [2.45, 2.75) is 41.5 Å². The van der Waals surface area contributed by atoms with Crippen LogP contribution in [-0.2, 0) is 0 Å². The van der Waals surface area contributed by atoms with Gasteiger partial charge in [-0.05, 0) is 0 Å². The van der Waals surface area contributed by atoms with Gasteiger partial charge >= 0.3 is 142 Å². The molecule has 23 heavy (non-hydrogen) atoms. The normalized spacial score (nSPS) is 11.0. The Morgan fingerprint density at radius 3 is 1.09 bits per heavy atom. The third-order valence-corrected chi connectivity index (χ3v) is 12.3. The van der Waals surface area contributed by atoms with Gasteiger partial charge in [0, 0.05) is 0 Å². The Balaban J connectivity index is 2.95. The Labute approximate surface area is 141 Å². The van der Waals surface area contributed by atoms with Gasteiger partial charge in [0.15, 0.2) is 0 Å². The molecule has 0 radical (unpaired) electrons. The van der Waals surface area contributed by atoms with Crippen LogP contribution in [0.1, 0.15) is 33.4 Å². The summed E-state index contributed by atoms with van der Waals surface area (Å²) in [5, 5.41) is 20.3. The molecule has 0 fully saturated rings. The van der Waals surface area contributed by atoms with Crippen LogP contribution in [-0.4, -0.2) is 13.3 Å². The summed E-state index contributed by atoms with van der Waals surface area (Å²) in [4.78, 5) is 5.05. The van der Waals surface area contributed by atoms with Crippen LogP contribution in [0.3, 0.4) is 0 Å². The zero-order valence-corrected chi connectivity index (χ0v) is 16.8. The predicted molar refractivity (Wildman–Crippen MR) is 97.6 cm³/mol. The van der Waals surface area contributed by atoms with Crippen molar-refractivity contribution < 1.29 is 0 Å². The Morgan fingerprint density at radius 1 is 0.609 bits per heavy atom. The molecule has 2 aromatic carbocycles. The van der Waals surface area contributed by atoms with Crippen LogP contribution >= 0.6 is 0 Å². The third kappa shape index (κ3) is 2.80. The van der Waals surface area contributed by atoms with E-state index in [1.807, 2.05) is 27.7 Å². The molecule has 0 saturated heterocycles. The molecular weight excluding hydrogens is 341 g/mol. The van der Waals surface area contributed by atoms with Crippen molar-refractivity contribution in [2.75, 3.05) is 0 Å². The van der Waals surface area contributed by atoms with Crippen LogP contribution < -0.4 is 8.79 Å². The summed E-state index contributed by atoms with van der Waals surface area (Å²) < 4.78 is 2.02. The Hall–Kier alpha value is -2.04. The monoisotopic (exact) mass is 364 g/mol. The van der Waals surface area contributed by atoms with Crippen LogP contribution in [0.4, 0.5) is 0 Å². The van der Waals surface area contributed by atoms with Crippen molar-refractivity contribution in [3.63, 3.8) is 0 Å². The molecule has 0 heterocycles. The van der Waals surface area contributed by atoms with Crippen molar-refractivity contribution in [1.82, 2.24) is 0 Å². The predicted octanol–water partition coefficient (Wildman–Crippen LogP) is 3.23. The summed E-state index contributed by atoms with van der Waals surface area (Å²) in [5.74, 6) is 0. The van der Waals surface area contributed by atoms with E-state index in [0.717, 1.165) is 31.0 Å². The summed E-state index contributed by atoms with van der Waals surface area (Å²) in [6.45, 7) is 12.2. The number of benzene rings is 2. The van der Waals surface area contributed by atoms with Gasteiger partial charge in [-0.3, -0.25) is 0 Å². The van der Waals surface area contributed by atoms with Crippen LogP contribution in [0.25, 0.3) is 0 Å². The first-order chi connectivity index (χ1) is 10.8. The number of aryl methyl sites for hydroxylation is 6. The van der Waals surface area contributed by atoms with Gasteiger partial charge in [0.05, 0.1) is 0 Å². The van der Waals surface area contributed by atoms with Crippen molar-refractivity contribution in [3.05, 3.63) is 57.6 Å². The number of hydrogen-bond acceptors (Lipinski definition) is 2. The van der Waals surface area contributed by atoms with Gasteiger partial charge < -0.3 is 0 Å². The molecule has 0 spiro atoms. The van der Waals surface area contributed by atoms with Crippen LogP contribution in [0.15, 0.2) is 24.3 Å². The molecule has 0 N–H and O–H groups in total. The molecule has 2 nitrogen and oxygen atoms in total. The Bertz CT molecular complexity index is 747. The standard InChI is InChI=1S/C20H22GeN2/c1-13-7-15(3)19(16(4)8-13)21(11-22,12-23)20-17(5)9-14(2)10-18(20)6/h7-10H,1-6H3. The van der Waals surface area contributed by atoms with Gasteiger partial charge in [0.25, 0.3) is 0 Å². The molecule has 0 unspecified atom stereocenters. The minimum atomic E-state index is -3.75. The molecule has 3 heteroatoms. The fraction of sp³-hybridized carbons (Fsp3) is 0.300. The van der Waals surface area contributed by atoms with Gasteiger partial charge in [0.1, 0.15) is 0 Å². The van der Waals surface area contributed by atoms with Crippen LogP contribution in [0, 0.1) is 61.9 Å². The van der Waals surface area contributed by atoms with Gasteiger partial charge in [-0.25, -0.2) is 0 Å². The van der Waals surface area contributed by atoms with E-state index in [-0.39, 0.29) is 0 Å². The first-order valence-electron chi connectivity index (χ1n) is 7.76. The molecule has 116 valence electrons. The second-order valence-corrected chi connectivity index (χ2v) is 12.7. The van der Waals surface area contributed by atoms with Gasteiger partial charge in [-0.15, -0.1) is 0 Å². The van der Waals surface area contributed by atoms with Crippen molar-refractivity contribution >= 4 is 22.1 Å². The van der Waals surface area contributed by atoms with E-state index in [2.05, 4.69) is 47.9 Å². The summed E-state index contributed by atoms with van der Waals surface area (Å²) >= 11 is -3.75. The van der Waals surface area contributed by atoms with Crippen molar-refractivity contribution in [2.24, 2.45) is 0 Å². The fourth-order valence-corrected chi connectivity index (χ4v) is 11.1. The fourth-order valence-electron chi connectivity index (χ4n) is 3.92. The molecule has 0 amide bonds. The maximum atomic E-state index is 10.1. The Morgan fingerprint density at radius 2 is 0.870 bits per heavy atom. The quantitative estimate of drug-likeness (QED) is 0.770. The zero-order chi connectivity index (χ0) is 17.4. The minimum absolute atomic E-state index is 1.01. The van der Waals surface area contributed by atoms with Gasteiger partial charge in [-0.2, -0.15) is 0 Å². The van der Waals surface area contributed by atoms with E-state index in [9.17, 15) is 10.5 Å². The molecule has 2 rings (SSSR count). The molecule has 0 atom stereocenters. The van der Waals surface area contributed by atoms with E-state index < -0.39 is 13.3 Å². The van der Waals surface area contributed by atoms with Crippen molar-refractivity contribution in [3.8, 4) is 9.80 Å². The third-order valence-electron chi connectivity index (χ3n) is 4.44. The molecule has 0 aliphatic heterocycles. The van der Waals surface area contributed by atoms with E-state index in [1.165, 1.54) is 11.1 Å². The van der Waals surface area contributed by atoms with Crippen LogP contribution in [0.5, 0.6) is 0 Å². The average molecular weight is 363 g/mol. The van der Waals surface area contributed by atoms with E-state index in [4.69, 9.17) is 0 Å². The van der Waals surface area contributed by atoms with Gasteiger partial charge in [-0.1, -0.05) is 0 Å². The number of nitrogens with zero attached hydrogens (tertiary/aromatic N) is 2. The van der Waals surface area contributed by atoms with E-state index in [0.29, 0.717) is 0 Å². The molecule has 0 aromatic heterocycles. The van der Waals surface area contributed by atoms with E-state index in [1.54, 1.807) is 0 Å². The van der Waals surface area contributed by atoms with Crippen molar-refractivity contribution in [1.29, 1.82) is 10.5 Å². The molecule has 0 aliphatic carbocycles. The zero-order valence-electron chi connectivity index (χ0n) is 14.7. The topological polar surface area (TPSA) is 47.6 Å². The summed E-state index contributed by atoms with van der Waals surface area (Å²) in [6.07, 6.45) is 0. The molecule has 0 aliphatic rings. The molecule has 2 aromatic rings. The molecule has 0 bridgehead atoms. The summed E-state index contributed by atoms with van der Waals surface area (Å²) in [5.41, 5.74) is 6.64. The summed E-state index contributed by atoms with van der Waals surface area (Å²) in [7, 11) is 0. The number of hydrogen-bond donors (Lipinski definition) is 0. The van der Waals surface area contributed by atoms with Crippen LogP contribution in [0.2, 0.25) is 0 Å². The first kappa shape index (κ1) is 17.3. The second kappa shape index (κ2) is 6.22. The second-order valence-electron chi connectivity index (χ2n) is 6.52. The molecule has 0 saturated carbocycles. The van der Waals surface area contributed by atoms with E-state index >= 15 is 0 Å².